The van der Waals surface area contributed by atoms with Crippen LogP contribution in [0, 0.1) is 20.8 Å². The molecule has 0 saturated heterocycles. The van der Waals surface area contributed by atoms with Crippen molar-refractivity contribution >= 4 is 10.9 Å². The minimum absolute atomic E-state index is 0.208. The lowest BCUT2D eigenvalue weighted by atomic mass is 9.99. The molecule has 1 atom stereocenters. The van der Waals surface area contributed by atoms with Gasteiger partial charge in [0.2, 0.25) is 0 Å². The summed E-state index contributed by atoms with van der Waals surface area (Å²) in [5.74, 6) is 0. The van der Waals surface area contributed by atoms with E-state index in [1.165, 1.54) is 33.3 Å². The van der Waals surface area contributed by atoms with Crippen LogP contribution in [0.25, 0.3) is 10.9 Å². The van der Waals surface area contributed by atoms with E-state index in [1.807, 2.05) is 0 Å². The van der Waals surface area contributed by atoms with Crippen molar-refractivity contribution in [1.29, 1.82) is 0 Å². The van der Waals surface area contributed by atoms with E-state index >= 15 is 0 Å². The Morgan fingerprint density at radius 3 is 2.35 bits per heavy atom. The molecule has 2 aromatic rings. The van der Waals surface area contributed by atoms with Gasteiger partial charge in [0.15, 0.2) is 0 Å². The third kappa shape index (κ3) is 1.87. The van der Waals surface area contributed by atoms with Gasteiger partial charge in [-0.1, -0.05) is 12.1 Å². The number of nitrogens with two attached hydrogens (primary N) is 1. The molecule has 1 heterocycles. The van der Waals surface area contributed by atoms with Crippen LogP contribution in [-0.2, 0) is 13.5 Å². The molecule has 1 aromatic carbocycles. The first-order valence-electron chi connectivity index (χ1n) is 6.23. The number of aromatic nitrogens is 1. The van der Waals surface area contributed by atoms with Crippen molar-refractivity contribution in [3.8, 4) is 0 Å². The normalized spacial score (nSPS) is 13.3. The summed E-state index contributed by atoms with van der Waals surface area (Å²) in [6.07, 6.45) is 0.952. The van der Waals surface area contributed by atoms with Crippen molar-refractivity contribution in [2.45, 2.75) is 40.2 Å². The first-order valence-corrected chi connectivity index (χ1v) is 6.23. The topological polar surface area (TPSA) is 30.9 Å². The van der Waals surface area contributed by atoms with E-state index in [0.29, 0.717) is 0 Å². The molecule has 2 N–H and O–H groups in total. The van der Waals surface area contributed by atoms with Crippen molar-refractivity contribution in [3.05, 3.63) is 34.5 Å². The van der Waals surface area contributed by atoms with Crippen LogP contribution in [0.2, 0.25) is 0 Å². The number of benzene rings is 1. The Morgan fingerprint density at radius 2 is 1.76 bits per heavy atom. The molecule has 92 valence electrons. The summed E-state index contributed by atoms with van der Waals surface area (Å²) >= 11 is 0. The van der Waals surface area contributed by atoms with Crippen LogP contribution in [0.5, 0.6) is 0 Å². The molecular formula is C15H22N2. The SMILES string of the molecule is Cc1ccc(C)c2c1c(CC(C)N)c(C)n2C. The molecule has 0 aliphatic rings. The minimum Gasteiger partial charge on any atom is -0.347 e. The molecule has 1 aromatic heterocycles. The standard InChI is InChI=1S/C15H22N2/c1-9-6-7-10(2)15-14(9)13(8-11(3)16)12(4)17(15)5/h6-7,11H,8,16H2,1-5H3. The smallest absolute Gasteiger partial charge is 0.0515 e. The zero-order chi connectivity index (χ0) is 12.7. The predicted molar refractivity (Wildman–Crippen MR) is 74.5 cm³/mol. The Labute approximate surface area is 103 Å². The maximum atomic E-state index is 5.97. The monoisotopic (exact) mass is 230 g/mol. The van der Waals surface area contributed by atoms with Crippen LogP contribution >= 0.6 is 0 Å². The zero-order valence-electron chi connectivity index (χ0n) is 11.5. The molecule has 0 aliphatic heterocycles. The molecule has 0 bridgehead atoms. The molecule has 0 saturated carbocycles. The average molecular weight is 230 g/mol. The first kappa shape index (κ1) is 12.2. The van der Waals surface area contributed by atoms with Gasteiger partial charge in [0, 0.05) is 24.2 Å². The summed E-state index contributed by atoms with van der Waals surface area (Å²) in [6.45, 7) is 8.63. The number of hydrogen-bond acceptors (Lipinski definition) is 1. The van der Waals surface area contributed by atoms with E-state index in [4.69, 9.17) is 5.73 Å². The van der Waals surface area contributed by atoms with E-state index < -0.39 is 0 Å². The van der Waals surface area contributed by atoms with E-state index in [1.54, 1.807) is 0 Å². The number of nitrogens with zero attached hydrogens (tertiary/aromatic N) is 1. The van der Waals surface area contributed by atoms with E-state index in [-0.39, 0.29) is 6.04 Å². The highest BCUT2D eigenvalue weighted by atomic mass is 14.9. The Kier molecular flexibility index (Phi) is 3.00. The second-order valence-electron chi connectivity index (χ2n) is 5.23. The van der Waals surface area contributed by atoms with Gasteiger partial charge >= 0.3 is 0 Å². The Morgan fingerprint density at radius 1 is 1.18 bits per heavy atom. The van der Waals surface area contributed by atoms with Gasteiger partial charge in [-0.05, 0) is 50.8 Å². The minimum atomic E-state index is 0.208. The molecule has 0 amide bonds. The van der Waals surface area contributed by atoms with Crippen LogP contribution < -0.4 is 5.73 Å². The van der Waals surface area contributed by atoms with Gasteiger partial charge in [0.1, 0.15) is 0 Å². The van der Waals surface area contributed by atoms with Crippen molar-refractivity contribution in [2.75, 3.05) is 0 Å². The van der Waals surface area contributed by atoms with Gasteiger partial charge in [-0.25, -0.2) is 0 Å². The lowest BCUT2D eigenvalue weighted by Gasteiger charge is -2.07. The predicted octanol–water partition coefficient (Wildman–Crippen LogP) is 2.99. The number of rotatable bonds is 2. The number of aryl methyl sites for hydroxylation is 3. The highest BCUT2D eigenvalue weighted by Gasteiger charge is 2.16. The Bertz CT molecular complexity index is 562. The molecule has 0 fully saturated rings. The van der Waals surface area contributed by atoms with Gasteiger partial charge in [0.25, 0.3) is 0 Å². The third-order valence-corrected chi connectivity index (χ3v) is 3.69. The van der Waals surface area contributed by atoms with E-state index in [0.717, 1.165) is 6.42 Å². The van der Waals surface area contributed by atoms with Gasteiger partial charge in [-0.2, -0.15) is 0 Å². The molecule has 0 spiro atoms. The van der Waals surface area contributed by atoms with Crippen molar-refractivity contribution in [3.63, 3.8) is 0 Å². The second kappa shape index (κ2) is 4.19. The van der Waals surface area contributed by atoms with Crippen molar-refractivity contribution in [1.82, 2.24) is 4.57 Å². The van der Waals surface area contributed by atoms with Crippen LogP contribution in [0.15, 0.2) is 12.1 Å². The Hall–Kier alpha value is -1.28. The van der Waals surface area contributed by atoms with Gasteiger partial charge in [-0.15, -0.1) is 0 Å². The molecule has 2 nitrogen and oxygen atoms in total. The fourth-order valence-electron chi connectivity index (χ4n) is 2.73. The maximum Gasteiger partial charge on any atom is 0.0515 e. The Balaban J connectivity index is 2.83. The quantitative estimate of drug-likeness (QED) is 0.844. The molecular weight excluding hydrogens is 208 g/mol. The molecule has 2 rings (SSSR count). The molecule has 2 heteroatoms. The maximum absolute atomic E-state index is 5.97. The summed E-state index contributed by atoms with van der Waals surface area (Å²) in [7, 11) is 2.15. The lowest BCUT2D eigenvalue weighted by molar-refractivity contribution is 0.732. The highest BCUT2D eigenvalue weighted by Crippen LogP contribution is 2.30. The molecule has 0 radical (unpaired) electrons. The van der Waals surface area contributed by atoms with E-state index in [2.05, 4.69) is 51.4 Å². The van der Waals surface area contributed by atoms with Crippen molar-refractivity contribution < 1.29 is 0 Å². The lowest BCUT2D eigenvalue weighted by Crippen LogP contribution is -2.18. The number of fused-ring (bicyclic) bond motifs is 1. The van der Waals surface area contributed by atoms with Crippen molar-refractivity contribution in [2.24, 2.45) is 12.8 Å². The summed E-state index contributed by atoms with van der Waals surface area (Å²) in [4.78, 5) is 0. The summed E-state index contributed by atoms with van der Waals surface area (Å²) in [5.41, 5.74) is 12.8. The van der Waals surface area contributed by atoms with Crippen LogP contribution in [0.1, 0.15) is 29.3 Å². The average Bonchev–Trinajstić information content (AvgIpc) is 2.49. The third-order valence-electron chi connectivity index (χ3n) is 3.69. The molecule has 17 heavy (non-hydrogen) atoms. The summed E-state index contributed by atoms with van der Waals surface area (Å²) in [5, 5.41) is 1.40. The van der Waals surface area contributed by atoms with Gasteiger partial charge < -0.3 is 10.3 Å². The summed E-state index contributed by atoms with van der Waals surface area (Å²) in [6, 6.07) is 4.62. The largest absolute Gasteiger partial charge is 0.347 e. The van der Waals surface area contributed by atoms with E-state index in [9.17, 15) is 0 Å². The first-order chi connectivity index (χ1) is 7.93. The fourth-order valence-corrected chi connectivity index (χ4v) is 2.73. The van der Waals surface area contributed by atoms with Crippen LogP contribution in [0.4, 0.5) is 0 Å². The van der Waals surface area contributed by atoms with Gasteiger partial charge in [-0.3, -0.25) is 0 Å². The fraction of sp³-hybridized carbons (Fsp3) is 0.467. The molecule has 1 unspecified atom stereocenters. The zero-order valence-corrected chi connectivity index (χ0v) is 11.5. The molecule has 0 aliphatic carbocycles. The second-order valence-corrected chi connectivity index (χ2v) is 5.23. The van der Waals surface area contributed by atoms with Crippen LogP contribution in [-0.4, -0.2) is 10.6 Å². The van der Waals surface area contributed by atoms with Crippen LogP contribution in [0.3, 0.4) is 0 Å². The van der Waals surface area contributed by atoms with Gasteiger partial charge in [0.05, 0.1) is 5.52 Å². The highest BCUT2D eigenvalue weighted by molar-refractivity contribution is 5.91. The number of hydrogen-bond donors (Lipinski definition) is 1. The summed E-state index contributed by atoms with van der Waals surface area (Å²) < 4.78 is 2.30.